The molecule has 0 fully saturated rings. The van der Waals surface area contributed by atoms with E-state index in [1.54, 1.807) is 36.5 Å². The summed E-state index contributed by atoms with van der Waals surface area (Å²) in [7, 11) is 0. The van der Waals surface area contributed by atoms with Crippen LogP contribution < -0.4 is 5.32 Å². The molecule has 1 unspecified atom stereocenters. The van der Waals surface area contributed by atoms with E-state index in [1.165, 1.54) is 59.6 Å². The number of pyridine rings is 1. The van der Waals surface area contributed by atoms with Crippen molar-refractivity contribution in [3.63, 3.8) is 0 Å². The number of carbonyl (C=O) groups is 1. The van der Waals surface area contributed by atoms with Gasteiger partial charge in [-0.2, -0.15) is 0 Å². The van der Waals surface area contributed by atoms with Crippen molar-refractivity contribution in [3.8, 4) is 0 Å². The van der Waals surface area contributed by atoms with Crippen LogP contribution in [0.5, 0.6) is 0 Å². The van der Waals surface area contributed by atoms with Gasteiger partial charge in [0, 0.05) is 27.4 Å². The van der Waals surface area contributed by atoms with Crippen LogP contribution in [0.2, 0.25) is 0 Å². The normalized spacial score (nSPS) is 15.5. The van der Waals surface area contributed by atoms with Crippen molar-refractivity contribution in [3.05, 3.63) is 88.6 Å². The topological polar surface area (TPSA) is 45.2 Å². The minimum absolute atomic E-state index is 0.246. The second-order valence-corrected chi connectivity index (χ2v) is 10.8. The molecule has 0 saturated carbocycles. The second kappa shape index (κ2) is 10.8. The Morgan fingerprint density at radius 2 is 1.64 bits per heavy atom. The number of benzene rings is 2. The Kier molecular flexibility index (Phi) is 7.85. The number of amides is 1. The number of hydrogen-bond acceptors (Lipinski definition) is 6. The molecule has 1 aromatic heterocycles. The van der Waals surface area contributed by atoms with Crippen LogP contribution in [0.1, 0.15) is 17.4 Å². The Labute approximate surface area is 208 Å². The van der Waals surface area contributed by atoms with Crippen molar-refractivity contribution >= 4 is 52.8 Å². The van der Waals surface area contributed by atoms with Crippen LogP contribution in [0, 0.1) is 11.6 Å². The van der Waals surface area contributed by atoms with Gasteiger partial charge in [-0.25, -0.2) is 13.8 Å². The number of aromatic nitrogens is 1. The molecule has 1 aliphatic rings. The minimum Gasteiger partial charge on any atom is -0.347 e. The standard InChI is InChI=1S/C23H18ClF2N3OS3/c1-2-29-13-19(24)33-23(29)28-22(30)21-18(31-16-7-3-14(25)4-8-16)11-12-20(27-21)32-17-9-5-15(26)6-10-17/h3-13,23H,2H2,1H3,(H,28,30). The fraction of sp³-hybridized carbons (Fsp3) is 0.130. The van der Waals surface area contributed by atoms with E-state index in [-0.39, 0.29) is 28.7 Å². The van der Waals surface area contributed by atoms with Crippen LogP contribution in [-0.4, -0.2) is 27.8 Å². The van der Waals surface area contributed by atoms with E-state index in [9.17, 15) is 13.6 Å². The third-order valence-electron chi connectivity index (χ3n) is 4.54. The first-order valence-electron chi connectivity index (χ1n) is 9.90. The average Bonchev–Trinajstić information content (AvgIpc) is 3.16. The molecule has 0 spiro atoms. The Morgan fingerprint density at radius 3 is 2.24 bits per heavy atom. The van der Waals surface area contributed by atoms with Gasteiger partial charge in [-0.3, -0.25) is 4.79 Å². The summed E-state index contributed by atoms with van der Waals surface area (Å²) in [5, 5.41) is 3.57. The summed E-state index contributed by atoms with van der Waals surface area (Å²) in [4.78, 5) is 22.0. The highest BCUT2D eigenvalue weighted by molar-refractivity contribution is 8.05. The summed E-state index contributed by atoms with van der Waals surface area (Å²) in [5.41, 5.74) is -0.0926. The number of rotatable bonds is 7. The number of carbonyl (C=O) groups excluding carboxylic acids is 1. The highest BCUT2D eigenvalue weighted by atomic mass is 35.5. The van der Waals surface area contributed by atoms with Gasteiger partial charge < -0.3 is 10.2 Å². The van der Waals surface area contributed by atoms with E-state index in [1.807, 2.05) is 17.9 Å². The fourth-order valence-electron chi connectivity index (χ4n) is 2.94. The molecule has 3 aromatic rings. The average molecular weight is 522 g/mol. The lowest BCUT2D eigenvalue weighted by Crippen LogP contribution is -2.41. The van der Waals surface area contributed by atoms with Gasteiger partial charge in [0.15, 0.2) is 5.50 Å². The smallest absolute Gasteiger partial charge is 0.273 e. The molecule has 1 atom stereocenters. The number of nitrogens with one attached hydrogen (secondary N) is 1. The highest BCUT2D eigenvalue weighted by Crippen LogP contribution is 2.36. The first kappa shape index (κ1) is 23.9. The maximum absolute atomic E-state index is 13.3. The molecule has 170 valence electrons. The van der Waals surface area contributed by atoms with Gasteiger partial charge in [0.05, 0.1) is 4.36 Å². The minimum atomic E-state index is -0.350. The molecular weight excluding hydrogens is 504 g/mol. The van der Waals surface area contributed by atoms with Gasteiger partial charge in [0.25, 0.3) is 5.91 Å². The van der Waals surface area contributed by atoms with Crippen LogP contribution in [0.25, 0.3) is 0 Å². The molecule has 0 bridgehead atoms. The van der Waals surface area contributed by atoms with Crippen molar-refractivity contribution in [2.24, 2.45) is 0 Å². The third kappa shape index (κ3) is 6.23. The molecule has 1 aliphatic heterocycles. The van der Waals surface area contributed by atoms with Crippen LogP contribution in [0.4, 0.5) is 8.78 Å². The van der Waals surface area contributed by atoms with Gasteiger partial charge in [-0.1, -0.05) is 46.9 Å². The Hall–Kier alpha value is -2.20. The number of thioether (sulfide) groups is 1. The van der Waals surface area contributed by atoms with E-state index in [2.05, 4.69) is 10.3 Å². The SMILES string of the molecule is CCN1C=C(Cl)SC1NC(=O)c1nc(Sc2ccc(F)cc2)ccc1Sc1ccc(F)cc1. The van der Waals surface area contributed by atoms with Crippen LogP contribution >= 0.6 is 46.9 Å². The van der Waals surface area contributed by atoms with Gasteiger partial charge in [-0.15, -0.1) is 0 Å². The molecule has 2 heterocycles. The molecule has 4 rings (SSSR count). The van der Waals surface area contributed by atoms with Gasteiger partial charge >= 0.3 is 0 Å². The summed E-state index contributed by atoms with van der Waals surface area (Å²) in [6.45, 7) is 2.65. The number of halogens is 3. The maximum Gasteiger partial charge on any atom is 0.273 e. The van der Waals surface area contributed by atoms with E-state index in [0.29, 0.717) is 20.8 Å². The Bertz CT molecular complexity index is 1180. The Balaban J connectivity index is 1.61. The van der Waals surface area contributed by atoms with Crippen molar-refractivity contribution in [2.75, 3.05) is 6.54 Å². The first-order chi connectivity index (χ1) is 15.9. The quantitative estimate of drug-likeness (QED) is 0.369. The monoisotopic (exact) mass is 521 g/mol. The Morgan fingerprint density at radius 1 is 1.03 bits per heavy atom. The summed E-state index contributed by atoms with van der Waals surface area (Å²) < 4.78 is 27.1. The molecule has 0 radical (unpaired) electrons. The molecular formula is C23H18ClF2N3OS3. The molecule has 10 heteroatoms. The largest absolute Gasteiger partial charge is 0.347 e. The zero-order valence-corrected chi connectivity index (χ0v) is 20.5. The molecule has 0 saturated heterocycles. The van der Waals surface area contributed by atoms with Gasteiger partial charge in [0.2, 0.25) is 0 Å². The van der Waals surface area contributed by atoms with Crippen LogP contribution in [-0.2, 0) is 0 Å². The molecule has 1 N–H and O–H groups in total. The summed E-state index contributed by atoms with van der Waals surface area (Å²) in [6, 6.07) is 15.7. The van der Waals surface area contributed by atoms with Crippen molar-refractivity contribution in [1.29, 1.82) is 0 Å². The zero-order chi connectivity index (χ0) is 23.4. The molecule has 1 amide bonds. The van der Waals surface area contributed by atoms with Crippen molar-refractivity contribution in [2.45, 2.75) is 32.1 Å². The molecule has 2 aromatic carbocycles. The van der Waals surface area contributed by atoms with E-state index in [4.69, 9.17) is 11.6 Å². The van der Waals surface area contributed by atoms with Gasteiger partial charge in [0.1, 0.15) is 22.4 Å². The highest BCUT2D eigenvalue weighted by Gasteiger charge is 2.27. The fourth-order valence-corrected chi connectivity index (χ4v) is 5.92. The van der Waals surface area contributed by atoms with Crippen LogP contribution in [0.3, 0.4) is 0 Å². The number of nitrogens with zero attached hydrogens (tertiary/aromatic N) is 2. The predicted molar refractivity (Wildman–Crippen MR) is 130 cm³/mol. The first-order valence-corrected chi connectivity index (χ1v) is 12.8. The summed E-state index contributed by atoms with van der Waals surface area (Å²) >= 11 is 10.1. The lowest BCUT2D eigenvalue weighted by Gasteiger charge is -2.24. The van der Waals surface area contributed by atoms with Gasteiger partial charge in [-0.05, 0) is 67.6 Å². The van der Waals surface area contributed by atoms with E-state index in [0.717, 1.165) is 9.79 Å². The predicted octanol–water partition coefficient (Wildman–Crippen LogP) is 6.78. The molecule has 4 nitrogen and oxygen atoms in total. The lowest BCUT2D eigenvalue weighted by atomic mass is 10.3. The lowest BCUT2D eigenvalue weighted by molar-refractivity contribution is 0.0918. The van der Waals surface area contributed by atoms with Crippen LogP contribution in [0.15, 0.2) is 90.9 Å². The summed E-state index contributed by atoms with van der Waals surface area (Å²) in [6.07, 6.45) is 1.79. The van der Waals surface area contributed by atoms with Crippen molar-refractivity contribution < 1.29 is 13.6 Å². The summed E-state index contributed by atoms with van der Waals surface area (Å²) in [5.74, 6) is -0.999. The second-order valence-electron chi connectivity index (χ2n) is 6.82. The zero-order valence-electron chi connectivity index (χ0n) is 17.3. The van der Waals surface area contributed by atoms with E-state index < -0.39 is 0 Å². The molecule has 0 aliphatic carbocycles. The van der Waals surface area contributed by atoms with E-state index >= 15 is 0 Å². The number of hydrogen-bond donors (Lipinski definition) is 1. The maximum atomic E-state index is 13.3. The van der Waals surface area contributed by atoms with Crippen molar-refractivity contribution in [1.82, 2.24) is 15.2 Å². The third-order valence-corrected chi connectivity index (χ3v) is 7.85. The molecule has 33 heavy (non-hydrogen) atoms.